The molecule has 4 nitrogen and oxygen atoms in total. The molecule has 0 aliphatic carbocycles. The fourth-order valence-corrected chi connectivity index (χ4v) is 0.515. The van der Waals surface area contributed by atoms with Crippen molar-refractivity contribution in [3.05, 3.63) is 138 Å². The molecule has 0 bridgehead atoms. The number of hydrogen-bond acceptors (Lipinski definition) is 4. The van der Waals surface area contributed by atoms with Crippen LogP contribution in [-0.2, 0) is 19.1 Å². The molecule has 0 aliphatic heterocycles. The minimum absolute atomic E-state index is 0.0325. The van der Waals surface area contributed by atoms with E-state index in [0.717, 1.165) is 0 Å². The van der Waals surface area contributed by atoms with Crippen molar-refractivity contribution in [3.8, 4) is 0 Å². The zero-order chi connectivity index (χ0) is 35.5. The van der Waals surface area contributed by atoms with E-state index in [-0.39, 0.29) is 13.2 Å². The maximum atomic E-state index is 10.8. The van der Waals surface area contributed by atoms with E-state index in [1.54, 1.807) is 68.5 Å². The van der Waals surface area contributed by atoms with Crippen LogP contribution >= 0.6 is 0 Å². The lowest BCUT2D eigenvalue weighted by Gasteiger charge is -2.05. The molecule has 0 radical (unpaired) electrons. The Morgan fingerprint density at radius 3 is 0.585 bits per heavy atom. The first-order valence-corrected chi connectivity index (χ1v) is 13.0. The molecule has 0 fully saturated rings. The van der Waals surface area contributed by atoms with Crippen LogP contribution in [0.2, 0.25) is 0 Å². The lowest BCUT2D eigenvalue weighted by atomic mass is 10.4. The Bertz CT molecular complexity index is 507. The van der Waals surface area contributed by atoms with E-state index in [4.69, 9.17) is 0 Å². The van der Waals surface area contributed by atoms with Gasteiger partial charge in [-0.25, -0.2) is 9.59 Å². The van der Waals surface area contributed by atoms with E-state index in [2.05, 4.69) is 81.8 Å². The van der Waals surface area contributed by atoms with Crippen LogP contribution in [0.1, 0.15) is 76.2 Å². The van der Waals surface area contributed by atoms with Gasteiger partial charge in [-0.05, 0) is 76.2 Å². The Hall–Kier alpha value is -3.92. The molecule has 0 atom stereocenters. The highest BCUT2D eigenvalue weighted by Crippen LogP contribution is 1.94. The summed E-state index contributed by atoms with van der Waals surface area (Å²) < 4.78 is 9.38. The highest BCUT2D eigenvalue weighted by Gasteiger charge is 2.05. The summed E-state index contributed by atoms with van der Waals surface area (Å²) in [5, 5.41) is 0. The van der Waals surface area contributed by atoms with Gasteiger partial charge < -0.3 is 9.47 Å². The lowest BCUT2D eigenvalue weighted by Crippen LogP contribution is -2.14. The van der Waals surface area contributed by atoms with Gasteiger partial charge >= 0.3 is 11.9 Å². The first-order chi connectivity index (χ1) is 19.2. The highest BCUT2D eigenvalue weighted by molar-refractivity contribution is 5.87. The minimum Gasteiger partial charge on any atom is -0.459 e. The topological polar surface area (TPSA) is 52.6 Å². The van der Waals surface area contributed by atoms with Gasteiger partial charge in [0.2, 0.25) is 0 Å². The quantitative estimate of drug-likeness (QED) is 0.141. The SMILES string of the molecule is C=C(C)C(=O)OCCOC(=O)C(=C)C.C=CC.C=CC.C=CC.C=CC.C=CC.C=CC.C=CC.C=CC.C=CC. The largest absolute Gasteiger partial charge is 0.459 e. The Morgan fingerprint density at radius 1 is 0.415 bits per heavy atom. The Balaban J connectivity index is -0.0000000370. The van der Waals surface area contributed by atoms with E-state index in [0.29, 0.717) is 11.1 Å². The van der Waals surface area contributed by atoms with Crippen molar-refractivity contribution in [2.75, 3.05) is 13.2 Å². The maximum absolute atomic E-state index is 10.8. The standard InChI is InChI=1S/C10H14O4.9C3H6/c1-7(2)9(11)13-5-6-14-10(12)8(3)4;9*1-3-2/h1,3,5-6H2,2,4H3;9*3H,1H2,2H3. The third-order valence-electron chi connectivity index (χ3n) is 1.25. The van der Waals surface area contributed by atoms with Crippen LogP contribution in [0.25, 0.3) is 0 Å². The van der Waals surface area contributed by atoms with Crippen molar-refractivity contribution >= 4 is 11.9 Å². The third-order valence-corrected chi connectivity index (χ3v) is 1.25. The van der Waals surface area contributed by atoms with Crippen LogP contribution in [0.3, 0.4) is 0 Å². The lowest BCUT2D eigenvalue weighted by molar-refractivity contribution is -0.147. The van der Waals surface area contributed by atoms with Crippen molar-refractivity contribution in [1.82, 2.24) is 0 Å². The highest BCUT2D eigenvalue weighted by atomic mass is 16.6. The molecule has 0 rings (SSSR count). The van der Waals surface area contributed by atoms with Crippen molar-refractivity contribution < 1.29 is 19.1 Å². The first-order valence-electron chi connectivity index (χ1n) is 13.0. The maximum Gasteiger partial charge on any atom is 0.333 e. The van der Waals surface area contributed by atoms with Gasteiger partial charge in [0.15, 0.2) is 0 Å². The van der Waals surface area contributed by atoms with Gasteiger partial charge in [0.1, 0.15) is 13.2 Å². The zero-order valence-corrected chi connectivity index (χ0v) is 29.0. The van der Waals surface area contributed by atoms with Crippen molar-refractivity contribution in [1.29, 1.82) is 0 Å². The molecule has 4 heteroatoms. The number of carbonyl (C=O) groups excluding carboxylic acids is 2. The number of hydrogen-bond donors (Lipinski definition) is 0. The van der Waals surface area contributed by atoms with Crippen molar-refractivity contribution in [2.45, 2.75) is 76.2 Å². The summed E-state index contributed by atoms with van der Waals surface area (Å²) >= 11 is 0. The molecular weight excluding hydrogens is 508 g/mol. The van der Waals surface area contributed by atoms with Gasteiger partial charge in [-0.15, -0.1) is 59.2 Å². The van der Waals surface area contributed by atoms with Crippen LogP contribution in [-0.4, -0.2) is 25.2 Å². The van der Waals surface area contributed by atoms with Crippen LogP contribution in [0, 0.1) is 0 Å². The smallest absolute Gasteiger partial charge is 0.333 e. The predicted molar refractivity (Wildman–Crippen MR) is 194 cm³/mol. The molecule has 0 aliphatic rings. The summed E-state index contributed by atoms with van der Waals surface area (Å²) in [6, 6.07) is 0. The molecule has 0 aromatic rings. The molecule has 0 spiro atoms. The molecule has 0 N–H and O–H groups in total. The fraction of sp³-hybridized carbons (Fsp3) is 0.351. The molecule has 0 amide bonds. The Kier molecular flexibility index (Phi) is 160. The van der Waals surface area contributed by atoms with Crippen molar-refractivity contribution in [3.63, 3.8) is 0 Å². The Morgan fingerprint density at radius 2 is 0.512 bits per heavy atom. The summed E-state index contributed by atoms with van der Waals surface area (Å²) in [5.74, 6) is -0.979. The molecule has 0 aromatic carbocycles. The van der Waals surface area contributed by atoms with Gasteiger partial charge in [-0.2, -0.15) is 0 Å². The average molecular weight is 577 g/mol. The van der Waals surface area contributed by atoms with Gasteiger partial charge in [-0.1, -0.05) is 67.8 Å². The second-order valence-corrected chi connectivity index (χ2v) is 6.51. The first kappa shape index (κ1) is 65.8. The van der Waals surface area contributed by atoms with E-state index in [9.17, 15) is 9.59 Å². The summed E-state index contributed by atoms with van der Waals surface area (Å²) in [4.78, 5) is 21.7. The second-order valence-electron chi connectivity index (χ2n) is 6.51. The number of esters is 2. The normalized spacial score (nSPS) is 5.93. The minimum atomic E-state index is -0.489. The number of allylic oxidation sites excluding steroid dienone is 9. The molecule has 0 saturated carbocycles. The molecule has 0 heterocycles. The van der Waals surface area contributed by atoms with Crippen LogP contribution in [0.5, 0.6) is 0 Å². The van der Waals surface area contributed by atoms with Crippen LogP contribution < -0.4 is 0 Å². The average Bonchev–Trinajstić information content (AvgIpc) is 2.86. The van der Waals surface area contributed by atoms with Crippen molar-refractivity contribution in [2.24, 2.45) is 0 Å². The molecule has 41 heavy (non-hydrogen) atoms. The molecule has 240 valence electrons. The van der Waals surface area contributed by atoms with Gasteiger partial charge in [0, 0.05) is 11.1 Å². The summed E-state index contributed by atoms with van der Waals surface area (Å²) in [6.45, 7) is 57.2. The number of rotatable bonds is 5. The fourth-order valence-electron chi connectivity index (χ4n) is 0.515. The molecular formula is C37H68O4. The Labute approximate surface area is 258 Å². The number of ether oxygens (including phenoxy) is 2. The van der Waals surface area contributed by atoms with Gasteiger partial charge in [0.25, 0.3) is 0 Å². The van der Waals surface area contributed by atoms with E-state index in [1.807, 2.05) is 62.3 Å². The predicted octanol–water partition coefficient (Wildman–Crippen LogP) is 12.0. The number of carbonyl (C=O) groups is 2. The summed E-state index contributed by atoms with van der Waals surface area (Å²) in [5.41, 5.74) is 0.632. The van der Waals surface area contributed by atoms with E-state index < -0.39 is 11.9 Å². The molecule has 0 unspecified atom stereocenters. The molecule has 0 aromatic heterocycles. The summed E-state index contributed by atoms with van der Waals surface area (Å²) in [7, 11) is 0. The van der Waals surface area contributed by atoms with E-state index >= 15 is 0 Å². The van der Waals surface area contributed by atoms with Gasteiger partial charge in [-0.3, -0.25) is 0 Å². The van der Waals surface area contributed by atoms with Crippen LogP contribution in [0.4, 0.5) is 0 Å². The third kappa shape index (κ3) is 341. The van der Waals surface area contributed by atoms with E-state index in [1.165, 1.54) is 0 Å². The second kappa shape index (κ2) is 99.9. The van der Waals surface area contributed by atoms with Crippen LogP contribution in [0.15, 0.2) is 138 Å². The summed E-state index contributed by atoms with van der Waals surface area (Å²) in [6.07, 6.45) is 15.8. The molecule has 0 saturated heterocycles. The van der Waals surface area contributed by atoms with Gasteiger partial charge in [0.05, 0.1) is 0 Å². The monoisotopic (exact) mass is 577 g/mol. The zero-order valence-electron chi connectivity index (χ0n) is 29.0.